The lowest BCUT2D eigenvalue weighted by molar-refractivity contribution is -0.147. The molecule has 0 bridgehead atoms. The van der Waals surface area contributed by atoms with E-state index in [1.165, 1.54) is 16.8 Å². The molecule has 2 aliphatic heterocycles. The molecule has 0 saturated carbocycles. The van der Waals surface area contributed by atoms with Crippen LogP contribution in [0, 0.1) is 0 Å². The number of amides is 3. The quantitative estimate of drug-likeness (QED) is 0.755. The van der Waals surface area contributed by atoms with Gasteiger partial charge >= 0.3 is 12.0 Å². The van der Waals surface area contributed by atoms with E-state index in [9.17, 15) is 14.4 Å². The Kier molecular flexibility index (Phi) is 5.00. The molecule has 0 spiro atoms. The fraction of sp³-hybridized carbons (Fsp3) is 0.769. The molecule has 2 fully saturated rings. The van der Waals surface area contributed by atoms with Crippen LogP contribution in [-0.2, 0) is 14.3 Å². The minimum Gasteiger partial charge on any atom is -0.480 e. The zero-order chi connectivity index (χ0) is 15.4. The molecule has 2 aliphatic rings. The van der Waals surface area contributed by atoms with Gasteiger partial charge in [-0.3, -0.25) is 4.79 Å². The molecule has 0 aromatic rings. The maximum absolute atomic E-state index is 12.3. The number of carboxylic acid groups (broad SMARTS) is 1. The number of urea groups is 1. The number of morpholine rings is 1. The van der Waals surface area contributed by atoms with E-state index in [0.29, 0.717) is 6.61 Å². The van der Waals surface area contributed by atoms with E-state index < -0.39 is 18.0 Å². The minimum atomic E-state index is -1.10. The summed E-state index contributed by atoms with van der Waals surface area (Å²) in [6.07, 6.45) is 1.99. The van der Waals surface area contributed by atoms with Crippen molar-refractivity contribution in [2.24, 2.45) is 0 Å². The maximum Gasteiger partial charge on any atom is 0.328 e. The van der Waals surface area contributed by atoms with Crippen LogP contribution < -0.4 is 0 Å². The first kappa shape index (κ1) is 15.6. The molecule has 118 valence electrons. The summed E-state index contributed by atoms with van der Waals surface area (Å²) < 4.78 is 5.10. The van der Waals surface area contributed by atoms with Gasteiger partial charge in [0.1, 0.15) is 6.54 Å². The molecule has 2 rings (SSSR count). The molecule has 2 saturated heterocycles. The third-order valence-electron chi connectivity index (χ3n) is 3.82. The molecule has 1 N–H and O–H groups in total. The van der Waals surface area contributed by atoms with E-state index in [2.05, 4.69) is 0 Å². The molecule has 0 aromatic carbocycles. The van der Waals surface area contributed by atoms with Crippen molar-refractivity contribution in [3.05, 3.63) is 0 Å². The fourth-order valence-corrected chi connectivity index (χ4v) is 2.59. The van der Waals surface area contributed by atoms with Crippen LogP contribution in [0.4, 0.5) is 4.79 Å². The van der Waals surface area contributed by atoms with Gasteiger partial charge in [-0.1, -0.05) is 0 Å². The Hall–Kier alpha value is -1.83. The van der Waals surface area contributed by atoms with Gasteiger partial charge in [-0.05, 0) is 12.8 Å². The average Bonchev–Trinajstić information content (AvgIpc) is 3.00. The summed E-state index contributed by atoms with van der Waals surface area (Å²) >= 11 is 0. The smallest absolute Gasteiger partial charge is 0.328 e. The van der Waals surface area contributed by atoms with Gasteiger partial charge in [-0.2, -0.15) is 0 Å². The SMILES string of the molecule is CN(CC(=O)N1CCCC1)C(=O)N1CCOCC1C(=O)O. The van der Waals surface area contributed by atoms with Gasteiger partial charge < -0.3 is 24.5 Å². The highest BCUT2D eigenvalue weighted by atomic mass is 16.5. The first-order valence-corrected chi connectivity index (χ1v) is 7.10. The van der Waals surface area contributed by atoms with Crippen LogP contribution in [0.15, 0.2) is 0 Å². The Bertz CT molecular complexity index is 422. The van der Waals surface area contributed by atoms with Gasteiger partial charge in [-0.15, -0.1) is 0 Å². The molecular formula is C13H21N3O5. The Balaban J connectivity index is 1.93. The van der Waals surface area contributed by atoms with Gasteiger partial charge in [0.2, 0.25) is 5.91 Å². The van der Waals surface area contributed by atoms with Crippen molar-refractivity contribution in [3.8, 4) is 0 Å². The summed E-state index contributed by atoms with van der Waals surface area (Å²) in [6.45, 7) is 1.95. The Morgan fingerprint density at radius 3 is 2.52 bits per heavy atom. The number of hydrogen-bond acceptors (Lipinski definition) is 4. The van der Waals surface area contributed by atoms with Crippen LogP contribution in [-0.4, -0.2) is 90.2 Å². The first-order chi connectivity index (χ1) is 10.0. The van der Waals surface area contributed by atoms with Crippen molar-refractivity contribution >= 4 is 17.9 Å². The van der Waals surface area contributed by atoms with Gasteiger partial charge in [0.15, 0.2) is 6.04 Å². The lowest BCUT2D eigenvalue weighted by Crippen LogP contribution is -2.56. The number of carboxylic acids is 1. The number of likely N-dealkylation sites (tertiary alicyclic amines) is 1. The lowest BCUT2D eigenvalue weighted by Gasteiger charge is -2.35. The first-order valence-electron chi connectivity index (χ1n) is 7.10. The largest absolute Gasteiger partial charge is 0.480 e. The van der Waals surface area contributed by atoms with Gasteiger partial charge in [-0.25, -0.2) is 9.59 Å². The van der Waals surface area contributed by atoms with E-state index in [4.69, 9.17) is 9.84 Å². The summed E-state index contributed by atoms with van der Waals surface area (Å²) in [6, 6.07) is -1.44. The highest BCUT2D eigenvalue weighted by molar-refractivity contribution is 5.87. The number of ether oxygens (including phenoxy) is 1. The lowest BCUT2D eigenvalue weighted by atomic mass is 10.2. The van der Waals surface area contributed by atoms with E-state index in [0.717, 1.165) is 25.9 Å². The van der Waals surface area contributed by atoms with Gasteiger partial charge in [0.25, 0.3) is 0 Å². The molecule has 0 radical (unpaired) electrons. The van der Waals surface area contributed by atoms with Crippen molar-refractivity contribution in [1.82, 2.24) is 14.7 Å². The van der Waals surface area contributed by atoms with Crippen LogP contribution >= 0.6 is 0 Å². The molecule has 21 heavy (non-hydrogen) atoms. The second-order valence-electron chi connectivity index (χ2n) is 5.35. The summed E-state index contributed by atoms with van der Waals surface area (Å²) in [7, 11) is 1.52. The normalized spacial score (nSPS) is 22.2. The van der Waals surface area contributed by atoms with Crippen LogP contribution in [0.3, 0.4) is 0 Å². The number of aliphatic carboxylic acids is 1. The fourth-order valence-electron chi connectivity index (χ4n) is 2.59. The molecule has 0 aliphatic carbocycles. The summed E-state index contributed by atoms with van der Waals surface area (Å²) in [5, 5.41) is 9.13. The Labute approximate surface area is 123 Å². The maximum atomic E-state index is 12.3. The van der Waals surface area contributed by atoms with E-state index >= 15 is 0 Å². The van der Waals surface area contributed by atoms with Gasteiger partial charge in [0, 0.05) is 26.7 Å². The minimum absolute atomic E-state index is 0.0189. The highest BCUT2D eigenvalue weighted by Crippen LogP contribution is 2.12. The number of nitrogens with zero attached hydrogens (tertiary/aromatic N) is 3. The van der Waals surface area contributed by atoms with Crippen molar-refractivity contribution in [3.63, 3.8) is 0 Å². The van der Waals surface area contributed by atoms with Crippen LogP contribution in [0.2, 0.25) is 0 Å². The average molecular weight is 299 g/mol. The van der Waals surface area contributed by atoms with Gasteiger partial charge in [0.05, 0.1) is 13.2 Å². The third-order valence-corrected chi connectivity index (χ3v) is 3.82. The number of carbonyl (C=O) groups is 3. The van der Waals surface area contributed by atoms with E-state index in [1.807, 2.05) is 0 Å². The Morgan fingerprint density at radius 2 is 1.90 bits per heavy atom. The predicted octanol–water partition coefficient (Wildman–Crippen LogP) is -0.554. The van der Waals surface area contributed by atoms with E-state index in [1.54, 1.807) is 4.90 Å². The molecule has 2 heterocycles. The highest BCUT2D eigenvalue weighted by Gasteiger charge is 2.35. The zero-order valence-corrected chi connectivity index (χ0v) is 12.2. The topological polar surface area (TPSA) is 90.4 Å². The van der Waals surface area contributed by atoms with Crippen LogP contribution in [0.25, 0.3) is 0 Å². The predicted molar refractivity (Wildman–Crippen MR) is 72.8 cm³/mol. The second kappa shape index (κ2) is 6.75. The van der Waals surface area contributed by atoms with Crippen LogP contribution in [0.1, 0.15) is 12.8 Å². The number of likely N-dealkylation sites (N-methyl/N-ethyl adjacent to an activating group) is 1. The molecule has 1 unspecified atom stereocenters. The molecule has 0 aromatic heterocycles. The summed E-state index contributed by atoms with van der Waals surface area (Å²) in [5.74, 6) is -1.19. The van der Waals surface area contributed by atoms with Crippen molar-refractivity contribution in [2.75, 3.05) is 46.4 Å². The van der Waals surface area contributed by atoms with E-state index in [-0.39, 0.29) is 25.6 Å². The van der Waals surface area contributed by atoms with Crippen molar-refractivity contribution in [2.45, 2.75) is 18.9 Å². The summed E-state index contributed by atoms with van der Waals surface area (Å²) in [4.78, 5) is 39.8. The molecule has 3 amide bonds. The monoisotopic (exact) mass is 299 g/mol. The third kappa shape index (κ3) is 3.63. The Morgan fingerprint density at radius 1 is 1.24 bits per heavy atom. The molecule has 8 heteroatoms. The van der Waals surface area contributed by atoms with Crippen molar-refractivity contribution < 1.29 is 24.2 Å². The number of rotatable bonds is 3. The molecule has 8 nitrogen and oxygen atoms in total. The standard InChI is InChI=1S/C13H21N3O5/c1-14(8-11(17)15-4-2-3-5-15)13(20)16-6-7-21-9-10(16)12(18)19/h10H,2-9H2,1H3,(H,18,19). The second-order valence-corrected chi connectivity index (χ2v) is 5.35. The zero-order valence-electron chi connectivity index (χ0n) is 12.2. The molecular weight excluding hydrogens is 278 g/mol. The van der Waals surface area contributed by atoms with Crippen molar-refractivity contribution in [1.29, 1.82) is 0 Å². The summed E-state index contributed by atoms with van der Waals surface area (Å²) in [5.41, 5.74) is 0. The molecule has 1 atom stereocenters. The van der Waals surface area contributed by atoms with Crippen LogP contribution in [0.5, 0.6) is 0 Å². The number of hydrogen-bond donors (Lipinski definition) is 1. The number of carbonyl (C=O) groups excluding carboxylic acids is 2.